The van der Waals surface area contributed by atoms with E-state index in [4.69, 9.17) is 0 Å². The number of imidazole rings is 1. The summed E-state index contributed by atoms with van der Waals surface area (Å²) in [5.41, 5.74) is 1.03. The number of hydrogen-bond acceptors (Lipinski definition) is 4. The van der Waals surface area contributed by atoms with Crippen LogP contribution in [0.1, 0.15) is 12.6 Å². The number of nitrogens with one attached hydrogen (secondary N) is 1. The Balaban J connectivity index is 1.86. The van der Waals surface area contributed by atoms with E-state index in [-0.39, 0.29) is 5.25 Å². The summed E-state index contributed by atoms with van der Waals surface area (Å²) in [7, 11) is -0.761. The first-order valence-electron chi connectivity index (χ1n) is 5.11. The lowest BCUT2D eigenvalue weighted by Crippen LogP contribution is -2.27. The number of hydrogen-bond donors (Lipinski definition) is 1. The average Bonchev–Trinajstić information content (AvgIpc) is 2.77. The molecule has 0 radical (unpaired) electrons. The standard InChI is InChI=1S/C10H15N3OS2/c1-8(16(2)14)5-11-6-9-7-13-3-4-15-10(13)12-9/h3-4,7-8,11H,5-6H2,1-2H3. The maximum Gasteiger partial charge on any atom is 0.193 e. The molecular formula is C10H15N3OS2. The van der Waals surface area contributed by atoms with E-state index >= 15 is 0 Å². The van der Waals surface area contributed by atoms with E-state index in [9.17, 15) is 4.21 Å². The molecule has 16 heavy (non-hydrogen) atoms. The molecule has 0 aliphatic rings. The van der Waals surface area contributed by atoms with Crippen LogP contribution in [0.2, 0.25) is 0 Å². The highest BCUT2D eigenvalue weighted by Crippen LogP contribution is 2.10. The topological polar surface area (TPSA) is 46.4 Å². The van der Waals surface area contributed by atoms with Gasteiger partial charge in [-0.1, -0.05) is 0 Å². The van der Waals surface area contributed by atoms with Crippen molar-refractivity contribution in [3.8, 4) is 0 Å². The smallest absolute Gasteiger partial charge is 0.193 e. The number of thiazole rings is 1. The Morgan fingerprint density at radius 3 is 3.19 bits per heavy atom. The fraction of sp³-hybridized carbons (Fsp3) is 0.500. The molecule has 2 atom stereocenters. The van der Waals surface area contributed by atoms with Crippen LogP contribution in [0, 0.1) is 0 Å². The molecule has 2 rings (SSSR count). The Labute approximate surface area is 101 Å². The predicted octanol–water partition coefficient (Wildman–Crippen LogP) is 1.25. The van der Waals surface area contributed by atoms with Crippen LogP contribution in [-0.2, 0) is 17.3 Å². The molecule has 6 heteroatoms. The van der Waals surface area contributed by atoms with E-state index in [2.05, 4.69) is 10.3 Å². The average molecular weight is 257 g/mol. The van der Waals surface area contributed by atoms with Crippen molar-refractivity contribution in [2.45, 2.75) is 18.7 Å². The first-order chi connectivity index (χ1) is 7.66. The van der Waals surface area contributed by atoms with Crippen molar-refractivity contribution in [2.24, 2.45) is 0 Å². The molecule has 1 N–H and O–H groups in total. The molecule has 0 spiro atoms. The van der Waals surface area contributed by atoms with Gasteiger partial charge in [0.1, 0.15) is 0 Å². The molecule has 0 saturated heterocycles. The molecule has 0 amide bonds. The lowest BCUT2D eigenvalue weighted by Gasteiger charge is -2.08. The highest BCUT2D eigenvalue weighted by atomic mass is 32.2. The summed E-state index contributed by atoms with van der Waals surface area (Å²) in [4.78, 5) is 5.48. The van der Waals surface area contributed by atoms with Gasteiger partial charge in [-0.25, -0.2) is 4.98 Å². The van der Waals surface area contributed by atoms with E-state index in [1.807, 2.05) is 29.1 Å². The van der Waals surface area contributed by atoms with Crippen LogP contribution < -0.4 is 5.32 Å². The molecule has 88 valence electrons. The van der Waals surface area contributed by atoms with E-state index in [0.29, 0.717) is 0 Å². The minimum Gasteiger partial charge on any atom is -0.310 e. The third kappa shape index (κ3) is 2.69. The molecule has 0 fully saturated rings. The second-order valence-corrected chi connectivity index (χ2v) is 6.44. The predicted molar refractivity (Wildman–Crippen MR) is 68.3 cm³/mol. The van der Waals surface area contributed by atoms with Crippen LogP contribution >= 0.6 is 11.3 Å². The van der Waals surface area contributed by atoms with Crippen molar-refractivity contribution in [2.75, 3.05) is 12.8 Å². The molecule has 0 aliphatic carbocycles. The highest BCUT2D eigenvalue weighted by Gasteiger charge is 2.06. The highest BCUT2D eigenvalue weighted by molar-refractivity contribution is 7.84. The number of nitrogens with zero attached hydrogens (tertiary/aromatic N) is 2. The molecule has 2 unspecified atom stereocenters. The second kappa shape index (κ2) is 5.07. The molecule has 4 nitrogen and oxygen atoms in total. The SMILES string of the molecule is CC(CNCc1cn2ccsc2n1)S(C)=O. The van der Waals surface area contributed by atoms with Crippen LogP contribution in [0.25, 0.3) is 4.96 Å². The normalized spacial score (nSPS) is 15.4. The van der Waals surface area contributed by atoms with Gasteiger partial charge in [0.05, 0.1) is 5.69 Å². The van der Waals surface area contributed by atoms with Crippen molar-refractivity contribution in [3.63, 3.8) is 0 Å². The van der Waals surface area contributed by atoms with Crippen LogP contribution in [0.4, 0.5) is 0 Å². The summed E-state index contributed by atoms with van der Waals surface area (Å²) in [6, 6.07) is 0. The number of rotatable bonds is 5. The Hall–Kier alpha value is -0.720. The molecule has 0 bridgehead atoms. The Morgan fingerprint density at radius 2 is 2.50 bits per heavy atom. The molecule has 2 aromatic heterocycles. The van der Waals surface area contributed by atoms with Gasteiger partial charge in [-0.15, -0.1) is 11.3 Å². The fourth-order valence-electron chi connectivity index (χ4n) is 1.38. The maximum absolute atomic E-state index is 11.1. The lowest BCUT2D eigenvalue weighted by molar-refractivity contribution is 0.643. The fourth-order valence-corrected chi connectivity index (χ4v) is 2.45. The number of fused-ring (bicyclic) bond motifs is 1. The zero-order valence-electron chi connectivity index (χ0n) is 9.34. The van der Waals surface area contributed by atoms with Gasteiger partial charge >= 0.3 is 0 Å². The van der Waals surface area contributed by atoms with Crippen molar-refractivity contribution in [1.29, 1.82) is 0 Å². The van der Waals surface area contributed by atoms with Gasteiger partial charge in [0, 0.05) is 53.2 Å². The summed E-state index contributed by atoms with van der Waals surface area (Å²) >= 11 is 1.63. The van der Waals surface area contributed by atoms with E-state index in [1.54, 1.807) is 17.6 Å². The van der Waals surface area contributed by atoms with Gasteiger partial charge in [-0.3, -0.25) is 8.61 Å². The molecule has 2 aromatic rings. The Morgan fingerprint density at radius 1 is 1.69 bits per heavy atom. The maximum atomic E-state index is 11.1. The van der Waals surface area contributed by atoms with Gasteiger partial charge < -0.3 is 5.32 Å². The molecule has 0 aromatic carbocycles. The quantitative estimate of drug-likeness (QED) is 0.877. The lowest BCUT2D eigenvalue weighted by atomic mass is 10.4. The third-order valence-corrected chi connectivity index (χ3v) is 4.52. The first kappa shape index (κ1) is 11.8. The van der Waals surface area contributed by atoms with Gasteiger partial charge in [0.25, 0.3) is 0 Å². The van der Waals surface area contributed by atoms with Crippen molar-refractivity contribution in [3.05, 3.63) is 23.5 Å². The number of aromatic nitrogens is 2. The van der Waals surface area contributed by atoms with Crippen molar-refractivity contribution < 1.29 is 4.21 Å². The van der Waals surface area contributed by atoms with E-state index in [1.165, 1.54) is 0 Å². The molecule has 0 saturated carbocycles. The molecular weight excluding hydrogens is 242 g/mol. The van der Waals surface area contributed by atoms with Crippen LogP contribution in [0.5, 0.6) is 0 Å². The van der Waals surface area contributed by atoms with Gasteiger partial charge in [-0.05, 0) is 6.92 Å². The largest absolute Gasteiger partial charge is 0.310 e. The summed E-state index contributed by atoms with van der Waals surface area (Å²) in [6.45, 7) is 3.47. The second-order valence-electron chi connectivity index (χ2n) is 3.77. The summed E-state index contributed by atoms with van der Waals surface area (Å²) in [5, 5.41) is 5.47. The monoisotopic (exact) mass is 257 g/mol. The molecule has 2 heterocycles. The van der Waals surface area contributed by atoms with Crippen molar-refractivity contribution in [1.82, 2.24) is 14.7 Å². The third-order valence-electron chi connectivity index (χ3n) is 2.45. The molecule has 0 aliphatic heterocycles. The van der Waals surface area contributed by atoms with Gasteiger partial charge in [0.15, 0.2) is 4.96 Å². The first-order valence-corrected chi connectivity index (χ1v) is 7.61. The van der Waals surface area contributed by atoms with Crippen LogP contribution in [-0.4, -0.2) is 31.6 Å². The Bertz CT molecular complexity index is 462. The van der Waals surface area contributed by atoms with Crippen LogP contribution in [0.3, 0.4) is 0 Å². The zero-order chi connectivity index (χ0) is 11.5. The van der Waals surface area contributed by atoms with Crippen LogP contribution in [0.15, 0.2) is 17.8 Å². The van der Waals surface area contributed by atoms with Gasteiger partial charge in [0.2, 0.25) is 0 Å². The summed E-state index contributed by atoms with van der Waals surface area (Å²) in [6.07, 6.45) is 5.76. The minimum atomic E-state index is -0.761. The Kier molecular flexibility index (Phi) is 3.73. The summed E-state index contributed by atoms with van der Waals surface area (Å²) in [5.74, 6) is 0. The summed E-state index contributed by atoms with van der Waals surface area (Å²) < 4.78 is 13.2. The van der Waals surface area contributed by atoms with E-state index in [0.717, 1.165) is 23.7 Å². The van der Waals surface area contributed by atoms with E-state index < -0.39 is 10.8 Å². The van der Waals surface area contributed by atoms with Crippen molar-refractivity contribution >= 4 is 27.1 Å². The van der Waals surface area contributed by atoms with Gasteiger partial charge in [-0.2, -0.15) is 0 Å². The zero-order valence-corrected chi connectivity index (χ0v) is 11.0. The minimum absolute atomic E-state index is 0.184.